The quantitative estimate of drug-likeness (QED) is 0.439. The number of hydrogen-bond acceptors (Lipinski definition) is 4. The topological polar surface area (TPSA) is 47.8 Å². The molecule has 0 bridgehead atoms. The van der Waals surface area contributed by atoms with Gasteiger partial charge in [-0.3, -0.25) is 14.3 Å². The van der Waals surface area contributed by atoms with Gasteiger partial charge in [-0.25, -0.2) is 4.98 Å². The molecule has 0 atom stereocenters. The van der Waals surface area contributed by atoms with Crippen molar-refractivity contribution >= 4 is 32.5 Å². The lowest BCUT2D eigenvalue weighted by molar-refractivity contribution is 0.752. The van der Waals surface area contributed by atoms with Crippen molar-refractivity contribution in [3.05, 3.63) is 94.0 Å². The zero-order valence-corrected chi connectivity index (χ0v) is 16.1. The molecule has 0 radical (unpaired) electrons. The fraction of sp³-hybridized carbons (Fsp3) is 0.0870. The number of hydrogen-bond donors (Lipinski definition) is 0. The first-order valence-electron chi connectivity index (χ1n) is 9.07. The largest absolute Gasteiger partial charge is 0.294 e. The Morgan fingerprint density at radius 3 is 2.68 bits per heavy atom. The average Bonchev–Trinajstić information content (AvgIpc) is 3.16. The first kappa shape index (κ1) is 16.8. The molecule has 136 valence electrons. The number of pyridine rings is 1. The van der Waals surface area contributed by atoms with Crippen molar-refractivity contribution in [1.29, 1.82) is 0 Å². The summed E-state index contributed by atoms with van der Waals surface area (Å²) in [5.41, 5.74) is 5.09. The summed E-state index contributed by atoms with van der Waals surface area (Å²) in [6, 6.07) is 18.2. The Hall–Kier alpha value is -3.31. The van der Waals surface area contributed by atoms with Crippen molar-refractivity contribution < 1.29 is 0 Å². The van der Waals surface area contributed by atoms with Crippen molar-refractivity contribution in [2.24, 2.45) is 0 Å². The van der Waals surface area contributed by atoms with Crippen LogP contribution in [0, 0.1) is 6.92 Å². The lowest BCUT2D eigenvalue weighted by atomic mass is 10.0. The molecular weight excluding hydrogens is 366 g/mol. The smallest absolute Gasteiger partial charge is 0.263 e. The van der Waals surface area contributed by atoms with Crippen molar-refractivity contribution in [2.75, 3.05) is 0 Å². The third-order valence-electron chi connectivity index (χ3n) is 4.98. The molecule has 3 aromatic heterocycles. The fourth-order valence-corrected chi connectivity index (χ4v) is 4.41. The summed E-state index contributed by atoms with van der Waals surface area (Å²) in [7, 11) is 0. The molecule has 0 saturated carbocycles. The molecule has 0 aliphatic heterocycles. The van der Waals surface area contributed by atoms with Crippen LogP contribution in [0.25, 0.3) is 32.2 Å². The van der Waals surface area contributed by atoms with Gasteiger partial charge in [0.1, 0.15) is 4.83 Å². The van der Waals surface area contributed by atoms with Crippen molar-refractivity contribution in [3.63, 3.8) is 0 Å². The van der Waals surface area contributed by atoms with E-state index in [9.17, 15) is 4.79 Å². The molecule has 28 heavy (non-hydrogen) atoms. The first-order valence-corrected chi connectivity index (χ1v) is 9.95. The maximum absolute atomic E-state index is 13.3. The van der Waals surface area contributed by atoms with Crippen molar-refractivity contribution in [3.8, 4) is 11.1 Å². The highest BCUT2D eigenvalue weighted by Gasteiger charge is 2.14. The Kier molecular flexibility index (Phi) is 4.02. The maximum Gasteiger partial charge on any atom is 0.263 e. The standard InChI is InChI=1S/C23H17N3OS/c1-15-7-9-16(10-8-15)19-13-28-22-20(19)23(27)26(14-25-22)12-18-5-2-4-17-6-3-11-24-21(17)18/h2-11,13-14H,12H2,1H3. The molecule has 0 aliphatic carbocycles. The number of aromatic nitrogens is 3. The second-order valence-electron chi connectivity index (χ2n) is 6.87. The zero-order valence-electron chi connectivity index (χ0n) is 15.3. The fourth-order valence-electron chi connectivity index (χ4n) is 3.50. The van der Waals surface area contributed by atoms with Crippen LogP contribution in [0.2, 0.25) is 0 Å². The van der Waals surface area contributed by atoms with Gasteiger partial charge >= 0.3 is 0 Å². The SMILES string of the molecule is Cc1ccc(-c2csc3ncn(Cc4cccc5cccnc45)c(=O)c23)cc1. The van der Waals surface area contributed by atoms with E-state index < -0.39 is 0 Å². The molecule has 0 amide bonds. The molecule has 0 N–H and O–H groups in total. The summed E-state index contributed by atoms with van der Waals surface area (Å²) in [4.78, 5) is 23.1. The molecule has 0 unspecified atom stereocenters. The Morgan fingerprint density at radius 1 is 1.00 bits per heavy atom. The van der Waals surface area contributed by atoms with Gasteiger partial charge in [0.05, 0.1) is 23.8 Å². The summed E-state index contributed by atoms with van der Waals surface area (Å²) in [6.07, 6.45) is 3.42. The summed E-state index contributed by atoms with van der Waals surface area (Å²) in [6.45, 7) is 2.50. The molecule has 4 nitrogen and oxygen atoms in total. The normalized spacial score (nSPS) is 11.3. The van der Waals surface area contributed by atoms with Crippen LogP contribution >= 0.6 is 11.3 Å². The Balaban J connectivity index is 1.65. The van der Waals surface area contributed by atoms with Gasteiger partial charge in [0, 0.05) is 22.5 Å². The van der Waals surface area contributed by atoms with Crippen LogP contribution in [0.5, 0.6) is 0 Å². The van der Waals surface area contributed by atoms with Crippen LogP contribution in [0.4, 0.5) is 0 Å². The first-order chi connectivity index (χ1) is 13.7. The highest BCUT2D eigenvalue weighted by Crippen LogP contribution is 2.30. The number of benzene rings is 2. The minimum Gasteiger partial charge on any atom is -0.294 e. The zero-order chi connectivity index (χ0) is 19.1. The monoisotopic (exact) mass is 383 g/mol. The number of aryl methyl sites for hydroxylation is 1. The maximum atomic E-state index is 13.3. The highest BCUT2D eigenvalue weighted by atomic mass is 32.1. The van der Waals surface area contributed by atoms with E-state index in [0.717, 1.165) is 32.4 Å². The van der Waals surface area contributed by atoms with E-state index in [1.165, 1.54) is 16.9 Å². The van der Waals surface area contributed by atoms with E-state index in [-0.39, 0.29) is 5.56 Å². The van der Waals surface area contributed by atoms with E-state index in [0.29, 0.717) is 11.9 Å². The number of thiophene rings is 1. The predicted octanol–water partition coefficient (Wildman–Crippen LogP) is 5.03. The molecule has 5 heteroatoms. The van der Waals surface area contributed by atoms with E-state index in [2.05, 4.69) is 41.2 Å². The summed E-state index contributed by atoms with van der Waals surface area (Å²) in [5.74, 6) is 0. The van der Waals surface area contributed by atoms with Crippen molar-refractivity contribution in [2.45, 2.75) is 13.5 Å². The van der Waals surface area contributed by atoms with E-state index in [1.807, 2.05) is 35.7 Å². The summed E-state index contributed by atoms with van der Waals surface area (Å²) < 4.78 is 1.68. The number of nitrogens with zero attached hydrogens (tertiary/aromatic N) is 3. The van der Waals surface area contributed by atoms with Crippen LogP contribution in [0.1, 0.15) is 11.1 Å². The second kappa shape index (κ2) is 6.69. The molecule has 3 heterocycles. The van der Waals surface area contributed by atoms with Gasteiger partial charge in [0.15, 0.2) is 0 Å². The summed E-state index contributed by atoms with van der Waals surface area (Å²) in [5, 5.41) is 3.77. The van der Waals surface area contributed by atoms with Crippen LogP contribution in [0.15, 0.2) is 77.3 Å². The number of rotatable bonds is 3. The molecule has 0 aliphatic rings. The van der Waals surface area contributed by atoms with Gasteiger partial charge in [0.2, 0.25) is 0 Å². The van der Waals surface area contributed by atoms with E-state index in [4.69, 9.17) is 0 Å². The Morgan fingerprint density at radius 2 is 1.82 bits per heavy atom. The third-order valence-corrected chi connectivity index (χ3v) is 5.87. The number of fused-ring (bicyclic) bond motifs is 2. The van der Waals surface area contributed by atoms with Crippen LogP contribution in [-0.2, 0) is 6.54 Å². The Labute approximate surface area is 165 Å². The molecule has 2 aromatic carbocycles. The molecular formula is C23H17N3OS. The molecule has 5 rings (SSSR count). The second-order valence-corrected chi connectivity index (χ2v) is 7.72. The lowest BCUT2D eigenvalue weighted by Crippen LogP contribution is -2.21. The van der Waals surface area contributed by atoms with Gasteiger partial charge in [-0.15, -0.1) is 11.3 Å². The van der Waals surface area contributed by atoms with E-state index in [1.54, 1.807) is 17.1 Å². The van der Waals surface area contributed by atoms with Crippen molar-refractivity contribution in [1.82, 2.24) is 14.5 Å². The van der Waals surface area contributed by atoms with Crippen LogP contribution in [-0.4, -0.2) is 14.5 Å². The Bertz CT molecular complexity index is 1360. The minimum absolute atomic E-state index is 0.0187. The molecule has 5 aromatic rings. The van der Waals surface area contributed by atoms with Gasteiger partial charge < -0.3 is 0 Å². The molecule has 0 fully saturated rings. The van der Waals surface area contributed by atoms with Gasteiger partial charge in [-0.2, -0.15) is 0 Å². The molecule has 0 spiro atoms. The van der Waals surface area contributed by atoms with Crippen LogP contribution < -0.4 is 5.56 Å². The highest BCUT2D eigenvalue weighted by molar-refractivity contribution is 7.17. The van der Waals surface area contributed by atoms with Gasteiger partial charge in [-0.05, 0) is 24.1 Å². The predicted molar refractivity (Wildman–Crippen MR) is 115 cm³/mol. The minimum atomic E-state index is -0.0187. The number of para-hydroxylation sites is 1. The third kappa shape index (κ3) is 2.80. The summed E-state index contributed by atoms with van der Waals surface area (Å²) >= 11 is 1.51. The van der Waals surface area contributed by atoms with Gasteiger partial charge in [0.25, 0.3) is 5.56 Å². The van der Waals surface area contributed by atoms with E-state index >= 15 is 0 Å². The average molecular weight is 383 g/mol. The molecule has 0 saturated heterocycles. The van der Waals surface area contributed by atoms with Gasteiger partial charge in [-0.1, -0.05) is 54.1 Å². The van der Waals surface area contributed by atoms with Crippen LogP contribution in [0.3, 0.4) is 0 Å². The lowest BCUT2D eigenvalue weighted by Gasteiger charge is -2.09.